The van der Waals surface area contributed by atoms with Gasteiger partial charge in [0.15, 0.2) is 0 Å². The highest BCUT2D eigenvalue weighted by Crippen LogP contribution is 2.50. The van der Waals surface area contributed by atoms with Crippen LogP contribution in [0.3, 0.4) is 0 Å². The average molecular weight is 196 g/mol. The molecule has 0 fully saturated rings. The Morgan fingerprint density at radius 3 is 2.33 bits per heavy atom. The van der Waals surface area contributed by atoms with E-state index in [1.165, 1.54) is 6.92 Å². The second kappa shape index (κ2) is 4.37. The summed E-state index contributed by atoms with van der Waals surface area (Å²) in [5.74, 6) is -1.51. The monoisotopic (exact) mass is 196 g/mol. The van der Waals surface area contributed by atoms with E-state index in [1.54, 1.807) is 0 Å². The molecule has 0 aliphatic heterocycles. The van der Waals surface area contributed by atoms with Gasteiger partial charge in [-0.25, -0.2) is 9.68 Å². The summed E-state index contributed by atoms with van der Waals surface area (Å²) in [7, 11) is -3.31. The molecule has 0 spiro atoms. The van der Waals surface area contributed by atoms with Crippen molar-refractivity contribution in [2.75, 3.05) is 7.11 Å². The summed E-state index contributed by atoms with van der Waals surface area (Å²) in [4.78, 5) is 23.1. The van der Waals surface area contributed by atoms with Crippen LogP contribution in [0.2, 0.25) is 0 Å². The average Bonchev–Trinajstić information content (AvgIpc) is 1.86. The summed E-state index contributed by atoms with van der Waals surface area (Å²) in [5.41, 5.74) is 0. The van der Waals surface area contributed by atoms with Crippen LogP contribution >= 0.6 is 7.60 Å². The molecule has 2 N–H and O–H groups in total. The van der Waals surface area contributed by atoms with Crippen LogP contribution in [0.25, 0.3) is 0 Å². The van der Waals surface area contributed by atoms with Crippen LogP contribution in [0.1, 0.15) is 6.92 Å². The first-order valence-corrected chi connectivity index (χ1v) is 4.48. The Labute approximate surface area is 68.9 Å². The molecule has 6 nitrogen and oxygen atoms in total. The number of allylic oxidation sites excluding steroid dienone is 1. The van der Waals surface area contributed by atoms with E-state index in [0.717, 1.165) is 13.2 Å². The SMILES string of the molecule is C/C=C(/C(=O)O)P(=O)(O)OOC. The number of carboxylic acids is 1. The van der Waals surface area contributed by atoms with Gasteiger partial charge in [0.25, 0.3) is 0 Å². The van der Waals surface area contributed by atoms with E-state index in [2.05, 4.69) is 9.56 Å². The van der Waals surface area contributed by atoms with Gasteiger partial charge < -0.3 is 10.00 Å². The van der Waals surface area contributed by atoms with Crippen molar-refractivity contribution in [1.82, 2.24) is 0 Å². The molecule has 12 heavy (non-hydrogen) atoms. The third-order valence-corrected chi connectivity index (χ3v) is 2.38. The van der Waals surface area contributed by atoms with E-state index < -0.39 is 18.9 Å². The Morgan fingerprint density at radius 2 is 2.08 bits per heavy atom. The molecule has 1 unspecified atom stereocenters. The summed E-state index contributed by atoms with van der Waals surface area (Å²) in [5, 5.41) is 7.68. The van der Waals surface area contributed by atoms with Gasteiger partial charge in [0, 0.05) is 0 Å². The van der Waals surface area contributed by atoms with Gasteiger partial charge in [0.1, 0.15) is 5.31 Å². The van der Waals surface area contributed by atoms with Crippen LogP contribution in [0, 0.1) is 0 Å². The lowest BCUT2D eigenvalue weighted by atomic mass is 10.5. The largest absolute Gasteiger partial charge is 0.477 e. The van der Waals surface area contributed by atoms with Crippen molar-refractivity contribution >= 4 is 13.6 Å². The van der Waals surface area contributed by atoms with Gasteiger partial charge >= 0.3 is 13.6 Å². The number of hydrogen-bond acceptors (Lipinski definition) is 4. The highest BCUT2D eigenvalue weighted by molar-refractivity contribution is 7.58. The first-order chi connectivity index (χ1) is 5.45. The van der Waals surface area contributed by atoms with Crippen molar-refractivity contribution in [3.05, 3.63) is 11.4 Å². The number of aliphatic carboxylic acids is 1. The van der Waals surface area contributed by atoms with Crippen molar-refractivity contribution in [3.8, 4) is 0 Å². The molecule has 0 aromatic carbocycles. The van der Waals surface area contributed by atoms with Crippen LogP contribution < -0.4 is 0 Å². The van der Waals surface area contributed by atoms with E-state index in [1.807, 2.05) is 0 Å². The van der Waals surface area contributed by atoms with Crippen LogP contribution in [0.15, 0.2) is 11.4 Å². The fourth-order valence-corrected chi connectivity index (χ4v) is 1.40. The minimum atomic E-state index is -4.32. The molecule has 0 aromatic rings. The van der Waals surface area contributed by atoms with Crippen molar-refractivity contribution in [1.29, 1.82) is 0 Å². The maximum atomic E-state index is 10.9. The molecular formula is C5H9O6P. The highest BCUT2D eigenvalue weighted by Gasteiger charge is 2.31. The van der Waals surface area contributed by atoms with Gasteiger partial charge in [0.2, 0.25) is 0 Å². The molecule has 1 atom stereocenters. The molecule has 70 valence electrons. The first kappa shape index (κ1) is 11.3. The molecule has 0 heterocycles. The topological polar surface area (TPSA) is 93.1 Å². The zero-order chi connectivity index (χ0) is 9.78. The van der Waals surface area contributed by atoms with Crippen molar-refractivity contribution in [3.63, 3.8) is 0 Å². The molecule has 0 aliphatic rings. The van der Waals surface area contributed by atoms with Gasteiger partial charge in [0.05, 0.1) is 7.11 Å². The number of carboxylic acid groups (broad SMARTS) is 1. The molecule has 0 rings (SSSR count). The van der Waals surface area contributed by atoms with Gasteiger partial charge in [-0.3, -0.25) is 4.57 Å². The smallest absolute Gasteiger partial charge is 0.392 e. The van der Waals surface area contributed by atoms with Gasteiger partial charge in [-0.1, -0.05) is 6.08 Å². The zero-order valence-corrected chi connectivity index (χ0v) is 7.45. The normalized spacial score (nSPS) is 17.1. The van der Waals surface area contributed by atoms with Gasteiger partial charge in [-0.2, -0.15) is 0 Å². The fraction of sp³-hybridized carbons (Fsp3) is 0.400. The molecule has 7 heteroatoms. The number of rotatable bonds is 4. The standard InChI is InChI=1S/C5H9O6P/c1-3-4(5(6)7)12(8,9)11-10-2/h3H,1-2H3,(H,6,7)(H,8,9)/b4-3-. The summed E-state index contributed by atoms with van der Waals surface area (Å²) in [6.07, 6.45) is 0.974. The van der Waals surface area contributed by atoms with Crippen LogP contribution in [0.4, 0.5) is 0 Å². The highest BCUT2D eigenvalue weighted by atomic mass is 31.2. The zero-order valence-electron chi connectivity index (χ0n) is 6.55. The summed E-state index contributed by atoms with van der Waals surface area (Å²) < 4.78 is 14.9. The number of carbonyl (C=O) groups is 1. The fourth-order valence-electron chi connectivity index (χ4n) is 0.549. The minimum absolute atomic E-state index is 0.718. The first-order valence-electron chi connectivity index (χ1n) is 2.91. The Balaban J connectivity index is 4.74. The predicted octanol–water partition coefficient (Wildman–Crippen LogP) is 0.738. The van der Waals surface area contributed by atoms with E-state index in [4.69, 9.17) is 10.00 Å². The molecule has 0 saturated carbocycles. The Hall–Kier alpha value is -0.680. The lowest BCUT2D eigenvalue weighted by Gasteiger charge is -2.08. The predicted molar refractivity (Wildman–Crippen MR) is 39.3 cm³/mol. The molecule has 0 radical (unpaired) electrons. The maximum absolute atomic E-state index is 10.9. The molecular weight excluding hydrogens is 187 g/mol. The summed E-state index contributed by atoms with van der Waals surface area (Å²) in [6.45, 7) is 1.31. The second-order valence-corrected chi connectivity index (χ2v) is 3.41. The van der Waals surface area contributed by atoms with Crippen LogP contribution in [-0.4, -0.2) is 23.1 Å². The van der Waals surface area contributed by atoms with Crippen molar-refractivity contribution in [2.45, 2.75) is 6.92 Å². The van der Waals surface area contributed by atoms with Gasteiger partial charge in [-0.15, -0.1) is 4.67 Å². The molecule has 0 aliphatic carbocycles. The lowest BCUT2D eigenvalue weighted by molar-refractivity contribution is -0.184. The number of hydrogen-bond donors (Lipinski definition) is 2. The third kappa shape index (κ3) is 2.75. The Kier molecular flexibility index (Phi) is 4.12. The third-order valence-electron chi connectivity index (χ3n) is 0.973. The van der Waals surface area contributed by atoms with Crippen molar-refractivity contribution in [2.24, 2.45) is 0 Å². The second-order valence-electron chi connectivity index (χ2n) is 1.74. The van der Waals surface area contributed by atoms with E-state index >= 15 is 0 Å². The molecule has 0 amide bonds. The van der Waals surface area contributed by atoms with Gasteiger partial charge in [-0.05, 0) is 6.92 Å². The minimum Gasteiger partial charge on any atom is -0.477 e. The Morgan fingerprint density at radius 1 is 1.58 bits per heavy atom. The molecule has 0 aromatic heterocycles. The summed E-state index contributed by atoms with van der Waals surface area (Å²) >= 11 is 0. The van der Waals surface area contributed by atoms with Crippen molar-refractivity contribution < 1.29 is 28.9 Å². The maximum Gasteiger partial charge on any atom is 0.392 e. The van der Waals surface area contributed by atoms with E-state index in [-0.39, 0.29) is 0 Å². The molecule has 0 bridgehead atoms. The quantitative estimate of drug-likeness (QED) is 0.298. The lowest BCUT2D eigenvalue weighted by Crippen LogP contribution is -2.03. The van der Waals surface area contributed by atoms with Crippen LogP contribution in [0.5, 0.6) is 0 Å². The van der Waals surface area contributed by atoms with Crippen LogP contribution in [-0.2, 0) is 18.9 Å². The summed E-state index contributed by atoms with van der Waals surface area (Å²) in [6, 6.07) is 0. The Bertz CT molecular complexity index is 244. The van der Waals surface area contributed by atoms with E-state index in [0.29, 0.717) is 0 Å². The van der Waals surface area contributed by atoms with E-state index in [9.17, 15) is 9.36 Å². The molecule has 0 saturated heterocycles.